The fourth-order valence-electron chi connectivity index (χ4n) is 3.94. The standard InChI is InChI=1S/C18H33N7O/c1-3-23-16(19)24(13-12-22-10-4-5-11-22)18(21)25(17(23)20)14-6-8-15(26-2)9-7-14/h6-9,16-18H,3-5,10-13,19-21H2,1-2H3. The molecule has 0 spiro atoms. The number of rotatable bonds is 6. The second kappa shape index (κ2) is 8.51. The molecule has 3 atom stereocenters. The summed E-state index contributed by atoms with van der Waals surface area (Å²) in [5.41, 5.74) is 20.6. The molecule has 0 aliphatic carbocycles. The van der Waals surface area contributed by atoms with Crippen molar-refractivity contribution in [3.05, 3.63) is 24.3 Å². The highest BCUT2D eigenvalue weighted by atomic mass is 16.5. The second-order valence-corrected chi connectivity index (χ2v) is 6.96. The highest BCUT2D eigenvalue weighted by Gasteiger charge is 2.41. The molecule has 2 aliphatic heterocycles. The van der Waals surface area contributed by atoms with Crippen LogP contribution in [0.4, 0.5) is 5.69 Å². The van der Waals surface area contributed by atoms with Crippen LogP contribution in [0.5, 0.6) is 5.75 Å². The van der Waals surface area contributed by atoms with Gasteiger partial charge in [0.25, 0.3) is 0 Å². The van der Waals surface area contributed by atoms with E-state index < -0.39 is 0 Å². The predicted octanol–water partition coefficient (Wildman–Crippen LogP) is -0.0382. The van der Waals surface area contributed by atoms with E-state index in [-0.39, 0.29) is 18.9 Å². The van der Waals surface area contributed by atoms with E-state index in [1.165, 1.54) is 12.8 Å². The van der Waals surface area contributed by atoms with Gasteiger partial charge in [0.05, 0.1) is 7.11 Å². The van der Waals surface area contributed by atoms with Crippen LogP contribution in [-0.2, 0) is 0 Å². The quantitative estimate of drug-likeness (QED) is 0.647. The third-order valence-corrected chi connectivity index (χ3v) is 5.54. The van der Waals surface area contributed by atoms with Gasteiger partial charge in [-0.05, 0) is 50.2 Å². The van der Waals surface area contributed by atoms with E-state index >= 15 is 0 Å². The van der Waals surface area contributed by atoms with Crippen LogP contribution in [0.2, 0.25) is 0 Å². The summed E-state index contributed by atoms with van der Waals surface area (Å²) >= 11 is 0. The number of hydrogen-bond acceptors (Lipinski definition) is 8. The number of nitrogens with zero attached hydrogens (tertiary/aromatic N) is 4. The molecule has 146 valence electrons. The molecule has 2 saturated heterocycles. The summed E-state index contributed by atoms with van der Waals surface area (Å²) in [5.74, 6) is 0.808. The Labute approximate surface area is 156 Å². The number of ether oxygens (including phenoxy) is 1. The Kier molecular flexibility index (Phi) is 6.33. The lowest BCUT2D eigenvalue weighted by Gasteiger charge is -2.55. The van der Waals surface area contributed by atoms with Crippen molar-refractivity contribution >= 4 is 5.69 Å². The Morgan fingerprint density at radius 2 is 1.54 bits per heavy atom. The summed E-state index contributed by atoms with van der Waals surface area (Å²) in [6.45, 7) is 6.95. The zero-order chi connectivity index (χ0) is 18.7. The number of benzene rings is 1. The van der Waals surface area contributed by atoms with Crippen molar-refractivity contribution in [2.45, 2.75) is 38.6 Å². The minimum atomic E-state index is -0.376. The van der Waals surface area contributed by atoms with Crippen molar-refractivity contribution in [1.82, 2.24) is 14.7 Å². The van der Waals surface area contributed by atoms with Gasteiger partial charge in [0.1, 0.15) is 24.6 Å². The van der Waals surface area contributed by atoms with Gasteiger partial charge in [-0.2, -0.15) is 0 Å². The number of hydrogen-bond donors (Lipinski definition) is 3. The molecule has 3 rings (SSSR count). The summed E-state index contributed by atoms with van der Waals surface area (Å²) in [6, 6.07) is 7.83. The van der Waals surface area contributed by atoms with Gasteiger partial charge in [-0.3, -0.25) is 11.5 Å². The van der Waals surface area contributed by atoms with E-state index in [0.29, 0.717) is 0 Å². The first-order valence-corrected chi connectivity index (χ1v) is 9.49. The van der Waals surface area contributed by atoms with Crippen LogP contribution in [0, 0.1) is 0 Å². The third-order valence-electron chi connectivity index (χ3n) is 5.54. The minimum Gasteiger partial charge on any atom is -0.497 e. The summed E-state index contributed by atoms with van der Waals surface area (Å²) in [7, 11) is 1.66. The molecule has 6 N–H and O–H groups in total. The number of likely N-dealkylation sites (tertiary alicyclic amines) is 1. The molecule has 26 heavy (non-hydrogen) atoms. The maximum absolute atomic E-state index is 6.62. The lowest BCUT2D eigenvalue weighted by Crippen LogP contribution is -2.78. The lowest BCUT2D eigenvalue weighted by molar-refractivity contribution is -0.0588. The largest absolute Gasteiger partial charge is 0.497 e. The molecule has 0 amide bonds. The fraction of sp³-hybridized carbons (Fsp3) is 0.667. The van der Waals surface area contributed by atoms with Gasteiger partial charge in [-0.25, -0.2) is 9.80 Å². The van der Waals surface area contributed by atoms with Crippen molar-refractivity contribution in [3.8, 4) is 5.75 Å². The zero-order valence-electron chi connectivity index (χ0n) is 15.9. The van der Waals surface area contributed by atoms with Crippen molar-refractivity contribution in [1.29, 1.82) is 0 Å². The maximum Gasteiger partial charge on any atom is 0.139 e. The van der Waals surface area contributed by atoms with E-state index in [4.69, 9.17) is 21.9 Å². The summed E-state index contributed by atoms with van der Waals surface area (Å²) in [5, 5.41) is 0. The van der Waals surface area contributed by atoms with Crippen molar-refractivity contribution in [2.24, 2.45) is 17.2 Å². The number of anilines is 1. The van der Waals surface area contributed by atoms with Crippen molar-refractivity contribution in [2.75, 3.05) is 44.7 Å². The molecule has 2 fully saturated rings. The second-order valence-electron chi connectivity index (χ2n) is 6.96. The third kappa shape index (κ3) is 3.80. The van der Waals surface area contributed by atoms with Crippen LogP contribution in [0.15, 0.2) is 24.3 Å². The molecule has 3 unspecified atom stereocenters. The first-order valence-electron chi connectivity index (χ1n) is 9.49. The molecule has 0 aromatic heterocycles. The molecule has 2 heterocycles. The average Bonchev–Trinajstić information content (AvgIpc) is 3.16. The Hall–Kier alpha value is -1.42. The highest BCUT2D eigenvalue weighted by Crippen LogP contribution is 2.27. The fourth-order valence-corrected chi connectivity index (χ4v) is 3.94. The lowest BCUT2D eigenvalue weighted by atomic mass is 10.2. The molecule has 1 aromatic rings. The Morgan fingerprint density at radius 1 is 0.923 bits per heavy atom. The van der Waals surface area contributed by atoms with Crippen LogP contribution in [0.3, 0.4) is 0 Å². The molecule has 8 heteroatoms. The highest BCUT2D eigenvalue weighted by molar-refractivity contribution is 5.50. The van der Waals surface area contributed by atoms with Gasteiger partial charge in [-0.15, -0.1) is 0 Å². The van der Waals surface area contributed by atoms with Crippen LogP contribution in [0.25, 0.3) is 0 Å². The van der Waals surface area contributed by atoms with Gasteiger partial charge < -0.3 is 20.3 Å². The molecule has 1 aromatic carbocycles. The minimum absolute atomic E-state index is 0.290. The Balaban J connectivity index is 1.79. The van der Waals surface area contributed by atoms with Gasteiger partial charge in [-0.1, -0.05) is 6.92 Å². The van der Waals surface area contributed by atoms with E-state index in [9.17, 15) is 0 Å². The van der Waals surface area contributed by atoms with Gasteiger partial charge in [0, 0.05) is 25.3 Å². The molecular formula is C18H33N7O. The van der Waals surface area contributed by atoms with E-state index in [1.807, 2.05) is 29.2 Å². The summed E-state index contributed by atoms with van der Waals surface area (Å²) < 4.78 is 5.26. The first-order chi connectivity index (χ1) is 12.6. The smallest absolute Gasteiger partial charge is 0.139 e. The van der Waals surface area contributed by atoms with E-state index in [0.717, 1.165) is 44.2 Å². The van der Waals surface area contributed by atoms with Crippen LogP contribution < -0.4 is 26.8 Å². The number of methoxy groups -OCH3 is 1. The molecule has 2 aliphatic rings. The van der Waals surface area contributed by atoms with Crippen molar-refractivity contribution < 1.29 is 4.74 Å². The van der Waals surface area contributed by atoms with E-state index in [1.54, 1.807) is 7.11 Å². The molecule has 0 radical (unpaired) electrons. The maximum atomic E-state index is 6.62. The Bertz CT molecular complexity index is 563. The van der Waals surface area contributed by atoms with Crippen molar-refractivity contribution in [3.63, 3.8) is 0 Å². The summed E-state index contributed by atoms with van der Waals surface area (Å²) in [6.07, 6.45) is 1.52. The predicted molar refractivity (Wildman–Crippen MR) is 104 cm³/mol. The first kappa shape index (κ1) is 19.3. The van der Waals surface area contributed by atoms with Crippen LogP contribution >= 0.6 is 0 Å². The topological polar surface area (TPSA) is 100 Å². The average molecular weight is 364 g/mol. The van der Waals surface area contributed by atoms with Gasteiger partial charge >= 0.3 is 0 Å². The van der Waals surface area contributed by atoms with Gasteiger partial charge in [0.15, 0.2) is 0 Å². The molecule has 0 saturated carbocycles. The van der Waals surface area contributed by atoms with Gasteiger partial charge in [0.2, 0.25) is 0 Å². The van der Waals surface area contributed by atoms with Crippen LogP contribution in [0.1, 0.15) is 19.8 Å². The summed E-state index contributed by atoms with van der Waals surface area (Å²) in [4.78, 5) is 8.70. The molecule has 8 nitrogen and oxygen atoms in total. The molecular weight excluding hydrogens is 330 g/mol. The Morgan fingerprint density at radius 3 is 2.12 bits per heavy atom. The van der Waals surface area contributed by atoms with E-state index in [2.05, 4.69) is 21.6 Å². The molecule has 0 bridgehead atoms. The zero-order valence-corrected chi connectivity index (χ0v) is 15.9. The monoisotopic (exact) mass is 363 g/mol. The van der Waals surface area contributed by atoms with Crippen LogP contribution in [-0.4, -0.2) is 73.4 Å². The SMILES string of the molecule is CCN1C(N)N(CCN2CCCC2)C(N)N(c2ccc(OC)cc2)C1N. The normalized spacial score (nSPS) is 28.7. The number of nitrogens with two attached hydrogens (primary N) is 3.